The molecule has 0 spiro atoms. The van der Waals surface area contributed by atoms with E-state index in [1.54, 1.807) is 12.1 Å². The van der Waals surface area contributed by atoms with E-state index in [4.69, 9.17) is 5.11 Å². The molecule has 0 aliphatic rings. The van der Waals surface area contributed by atoms with Crippen LogP contribution in [0, 0.1) is 5.82 Å². The number of aromatic carboxylic acids is 1. The number of aryl methyl sites for hydroxylation is 1. The van der Waals surface area contributed by atoms with Gasteiger partial charge in [0.15, 0.2) is 0 Å². The molecule has 1 aromatic carbocycles. The van der Waals surface area contributed by atoms with E-state index in [1.807, 2.05) is 6.92 Å². The Morgan fingerprint density at radius 1 is 1.53 bits per heavy atom. The topological polar surface area (TPSA) is 50.2 Å². The van der Waals surface area contributed by atoms with E-state index in [2.05, 4.69) is 20.9 Å². The van der Waals surface area contributed by atoms with Crippen molar-refractivity contribution < 1.29 is 14.3 Å². The van der Waals surface area contributed by atoms with E-state index < -0.39 is 11.8 Å². The number of aromatic nitrogens is 1. The minimum absolute atomic E-state index is 0.191. The summed E-state index contributed by atoms with van der Waals surface area (Å²) in [5.74, 6) is -1.42. The third-order valence-electron chi connectivity index (χ3n) is 2.54. The van der Waals surface area contributed by atoms with Crippen LogP contribution in [0.2, 0.25) is 0 Å². The molecule has 0 fully saturated rings. The molecule has 0 amide bonds. The first-order valence-corrected chi connectivity index (χ1v) is 7.32. The van der Waals surface area contributed by atoms with Crippen LogP contribution in [0.15, 0.2) is 22.7 Å². The Balaban J connectivity index is 2.53. The highest BCUT2D eigenvalue weighted by atomic mass is 79.9. The lowest BCUT2D eigenvalue weighted by molar-refractivity contribution is 0.0700. The van der Waals surface area contributed by atoms with Crippen LogP contribution in [0.25, 0.3) is 10.6 Å². The highest BCUT2D eigenvalue weighted by Crippen LogP contribution is 2.32. The van der Waals surface area contributed by atoms with Crippen molar-refractivity contribution in [3.8, 4) is 10.6 Å². The minimum Gasteiger partial charge on any atom is -0.477 e. The van der Waals surface area contributed by atoms with Crippen LogP contribution in [-0.2, 0) is 6.42 Å². The first-order chi connectivity index (χ1) is 9.02. The van der Waals surface area contributed by atoms with Crippen molar-refractivity contribution in [1.29, 1.82) is 0 Å². The van der Waals surface area contributed by atoms with Gasteiger partial charge in [0.2, 0.25) is 0 Å². The summed E-state index contributed by atoms with van der Waals surface area (Å²) >= 11 is 4.28. The van der Waals surface area contributed by atoms with Gasteiger partial charge in [-0.2, -0.15) is 0 Å². The van der Waals surface area contributed by atoms with Gasteiger partial charge >= 0.3 is 5.97 Å². The number of halogens is 2. The molecule has 3 nitrogen and oxygen atoms in total. The summed E-state index contributed by atoms with van der Waals surface area (Å²) < 4.78 is 14.5. The fourth-order valence-corrected chi connectivity index (χ4v) is 3.03. The molecule has 0 saturated heterocycles. The van der Waals surface area contributed by atoms with Gasteiger partial charge in [-0.3, -0.25) is 0 Å². The summed E-state index contributed by atoms with van der Waals surface area (Å²) in [6.45, 7) is 1.95. The van der Waals surface area contributed by atoms with Gasteiger partial charge in [-0.15, -0.1) is 11.3 Å². The Labute approximate surface area is 122 Å². The number of carboxylic acid groups (broad SMARTS) is 1. The van der Waals surface area contributed by atoms with Crippen molar-refractivity contribution in [3.05, 3.63) is 39.1 Å². The van der Waals surface area contributed by atoms with Gasteiger partial charge in [0, 0.05) is 10.0 Å². The van der Waals surface area contributed by atoms with Gasteiger partial charge in [0.05, 0.1) is 5.69 Å². The van der Waals surface area contributed by atoms with Crippen molar-refractivity contribution >= 4 is 33.2 Å². The molecule has 2 aromatic rings. The molecule has 0 atom stereocenters. The van der Waals surface area contributed by atoms with Crippen LogP contribution < -0.4 is 0 Å². The molecule has 0 bridgehead atoms. The lowest BCUT2D eigenvalue weighted by atomic mass is 10.2. The van der Waals surface area contributed by atoms with Gasteiger partial charge < -0.3 is 5.11 Å². The number of nitrogens with zero attached hydrogens (tertiary/aromatic N) is 1. The number of benzene rings is 1. The second-order valence-electron chi connectivity index (χ2n) is 3.97. The van der Waals surface area contributed by atoms with Crippen LogP contribution >= 0.6 is 27.3 Å². The Morgan fingerprint density at radius 3 is 2.89 bits per heavy atom. The van der Waals surface area contributed by atoms with Crippen LogP contribution in [0.4, 0.5) is 4.39 Å². The van der Waals surface area contributed by atoms with Crippen LogP contribution in [0.1, 0.15) is 28.7 Å². The predicted molar refractivity (Wildman–Crippen MR) is 76.2 cm³/mol. The molecule has 6 heteroatoms. The van der Waals surface area contributed by atoms with Crippen LogP contribution in [-0.4, -0.2) is 16.1 Å². The second kappa shape index (κ2) is 5.79. The van der Waals surface area contributed by atoms with Gasteiger partial charge in [-0.1, -0.05) is 29.3 Å². The fourth-order valence-electron chi connectivity index (χ4n) is 1.70. The van der Waals surface area contributed by atoms with Gasteiger partial charge in [-0.05, 0) is 24.6 Å². The zero-order valence-electron chi connectivity index (χ0n) is 10.1. The van der Waals surface area contributed by atoms with E-state index >= 15 is 0 Å². The SMILES string of the molecule is CCCc1nc(-c2cc(Br)ccc2F)sc1C(=O)O. The van der Waals surface area contributed by atoms with Crippen molar-refractivity contribution in [2.24, 2.45) is 0 Å². The van der Waals surface area contributed by atoms with Gasteiger partial charge in [-0.25, -0.2) is 14.2 Å². The zero-order chi connectivity index (χ0) is 14.0. The van der Waals surface area contributed by atoms with Crippen molar-refractivity contribution in [1.82, 2.24) is 4.98 Å². The van der Waals surface area contributed by atoms with E-state index in [9.17, 15) is 9.18 Å². The largest absolute Gasteiger partial charge is 0.477 e. The average Bonchev–Trinajstić information content (AvgIpc) is 2.77. The van der Waals surface area contributed by atoms with Crippen molar-refractivity contribution in [3.63, 3.8) is 0 Å². The molecule has 0 aliphatic heterocycles. The first-order valence-electron chi connectivity index (χ1n) is 5.71. The number of carboxylic acids is 1. The lowest BCUT2D eigenvalue weighted by Gasteiger charge is -1.99. The Morgan fingerprint density at radius 2 is 2.26 bits per heavy atom. The second-order valence-corrected chi connectivity index (χ2v) is 5.89. The third kappa shape index (κ3) is 3.01. The molecule has 0 unspecified atom stereocenters. The van der Waals surface area contributed by atoms with E-state index in [0.29, 0.717) is 22.7 Å². The molecule has 19 heavy (non-hydrogen) atoms. The highest BCUT2D eigenvalue weighted by molar-refractivity contribution is 9.10. The molecular formula is C13H11BrFNO2S. The molecule has 100 valence electrons. The zero-order valence-corrected chi connectivity index (χ0v) is 12.5. The fraction of sp³-hybridized carbons (Fsp3) is 0.231. The number of rotatable bonds is 4. The highest BCUT2D eigenvalue weighted by Gasteiger charge is 2.19. The summed E-state index contributed by atoms with van der Waals surface area (Å²) in [5.41, 5.74) is 0.846. The summed E-state index contributed by atoms with van der Waals surface area (Å²) in [4.78, 5) is 15.6. The van der Waals surface area contributed by atoms with Crippen molar-refractivity contribution in [2.45, 2.75) is 19.8 Å². The number of hydrogen-bond acceptors (Lipinski definition) is 3. The first kappa shape index (κ1) is 14.1. The molecule has 0 radical (unpaired) electrons. The number of hydrogen-bond donors (Lipinski definition) is 1. The third-order valence-corrected chi connectivity index (χ3v) is 4.15. The number of carbonyl (C=O) groups is 1. The lowest BCUT2D eigenvalue weighted by Crippen LogP contribution is -1.98. The minimum atomic E-state index is -1.01. The molecule has 0 aliphatic carbocycles. The van der Waals surface area contributed by atoms with Crippen LogP contribution in [0.3, 0.4) is 0 Å². The van der Waals surface area contributed by atoms with Gasteiger partial charge in [0.1, 0.15) is 15.7 Å². The smallest absolute Gasteiger partial charge is 0.347 e. The molecule has 1 aromatic heterocycles. The predicted octanol–water partition coefficient (Wildman–Crippen LogP) is 4.36. The average molecular weight is 344 g/mol. The maximum Gasteiger partial charge on any atom is 0.347 e. The summed E-state index contributed by atoms with van der Waals surface area (Å²) in [5, 5.41) is 9.55. The molecule has 1 heterocycles. The van der Waals surface area contributed by atoms with Gasteiger partial charge in [0.25, 0.3) is 0 Å². The molecule has 0 saturated carbocycles. The monoisotopic (exact) mass is 343 g/mol. The van der Waals surface area contributed by atoms with Crippen LogP contribution in [0.5, 0.6) is 0 Å². The maximum absolute atomic E-state index is 13.8. The molecular weight excluding hydrogens is 333 g/mol. The Kier molecular flexibility index (Phi) is 4.31. The summed E-state index contributed by atoms with van der Waals surface area (Å²) in [6, 6.07) is 4.54. The quantitative estimate of drug-likeness (QED) is 0.896. The van der Waals surface area contributed by atoms with E-state index in [0.717, 1.165) is 22.2 Å². The molecule has 2 rings (SSSR count). The molecule has 1 N–H and O–H groups in total. The Bertz CT molecular complexity index is 627. The van der Waals surface area contributed by atoms with E-state index in [1.165, 1.54) is 6.07 Å². The maximum atomic E-state index is 13.8. The summed E-state index contributed by atoms with van der Waals surface area (Å²) in [7, 11) is 0. The normalized spacial score (nSPS) is 10.7. The Hall–Kier alpha value is -1.27. The van der Waals surface area contributed by atoms with Crippen molar-refractivity contribution in [2.75, 3.05) is 0 Å². The number of thiazole rings is 1. The van der Waals surface area contributed by atoms with E-state index in [-0.39, 0.29) is 4.88 Å². The summed E-state index contributed by atoms with van der Waals surface area (Å²) in [6.07, 6.45) is 1.37. The standard InChI is InChI=1S/C13H11BrFNO2S/c1-2-3-10-11(13(17)18)19-12(16-10)8-6-7(14)4-5-9(8)15/h4-6H,2-3H2,1H3,(H,17,18).